The predicted molar refractivity (Wildman–Crippen MR) is 56.5 cm³/mol. The lowest BCUT2D eigenvalue weighted by Gasteiger charge is -2.52. The van der Waals surface area contributed by atoms with Crippen LogP contribution in [0.2, 0.25) is 0 Å². The van der Waals surface area contributed by atoms with Gasteiger partial charge in [0, 0.05) is 12.8 Å². The largest absolute Gasteiger partial charge is 0.369 e. The fourth-order valence-corrected chi connectivity index (χ4v) is 2.90. The summed E-state index contributed by atoms with van der Waals surface area (Å²) in [5.41, 5.74) is 0. The van der Waals surface area contributed by atoms with Crippen LogP contribution in [0.1, 0.15) is 19.3 Å². The maximum Gasteiger partial charge on any atom is 0.145 e. The van der Waals surface area contributed by atoms with Crippen LogP contribution in [0.5, 0.6) is 0 Å². The Balaban J connectivity index is 2.09. The summed E-state index contributed by atoms with van der Waals surface area (Å²) < 4.78 is 7.91. The Kier molecular flexibility index (Phi) is 2.82. The van der Waals surface area contributed by atoms with Crippen molar-refractivity contribution in [3.63, 3.8) is 0 Å². The molecule has 0 saturated carbocycles. The molecule has 2 aliphatic heterocycles. The first kappa shape index (κ1) is 10.4. The molecule has 0 aromatic heterocycles. The van der Waals surface area contributed by atoms with Crippen molar-refractivity contribution in [3.05, 3.63) is 0 Å². The van der Waals surface area contributed by atoms with Gasteiger partial charge in [-0.2, -0.15) is 9.18 Å². The van der Waals surface area contributed by atoms with Crippen LogP contribution < -0.4 is 0 Å². The number of likely N-dealkylation sites (N-methyl/N-ethyl adjacent to an activating group) is 1. The highest BCUT2D eigenvalue weighted by Crippen LogP contribution is 2.26. The predicted octanol–water partition coefficient (Wildman–Crippen LogP) is 1.01. The highest BCUT2D eigenvalue weighted by Gasteiger charge is 2.45. The molecule has 0 N–H and O–H groups in total. The summed E-state index contributed by atoms with van der Waals surface area (Å²) in [4.78, 5) is 0. The molecule has 2 saturated heterocycles. The van der Waals surface area contributed by atoms with Crippen LogP contribution in [0.15, 0.2) is 0 Å². The summed E-state index contributed by atoms with van der Waals surface area (Å²) >= 11 is 0. The summed E-state index contributed by atoms with van der Waals surface area (Å²) in [6.07, 6.45) is 4.25. The van der Waals surface area contributed by atoms with Crippen LogP contribution in [0.25, 0.3) is 0 Å². The van der Waals surface area contributed by atoms with Crippen molar-refractivity contribution in [3.8, 4) is 0 Å². The Morgan fingerprint density at radius 1 is 0.714 bits per heavy atom. The molecule has 0 radical (unpaired) electrons. The smallest absolute Gasteiger partial charge is 0.145 e. The molecular formula is C11H24N2O+2. The van der Waals surface area contributed by atoms with Gasteiger partial charge in [-0.1, -0.05) is 0 Å². The molecule has 2 heterocycles. The van der Waals surface area contributed by atoms with E-state index in [0.29, 0.717) is 0 Å². The number of quaternary nitrogens is 2. The van der Waals surface area contributed by atoms with E-state index in [1.165, 1.54) is 54.6 Å². The number of morpholine rings is 1. The number of nitrogens with zero attached hydrogens (tertiary/aromatic N) is 2. The molecule has 82 valence electrons. The normalized spacial score (nSPS) is 31.3. The van der Waals surface area contributed by atoms with E-state index < -0.39 is 0 Å². The molecule has 0 aromatic rings. The summed E-state index contributed by atoms with van der Waals surface area (Å²) in [7, 11) is 4.85. The molecule has 0 aliphatic carbocycles. The third-order valence-electron chi connectivity index (χ3n) is 4.38. The number of piperidine rings is 1. The zero-order chi connectivity index (χ0) is 10.1. The summed E-state index contributed by atoms with van der Waals surface area (Å²) in [6, 6.07) is 0. The standard InChI is InChI=1S/C11H24N2O/c1-12(6-4-3-5-7-12)13(2)8-10-14-11-9-13/h3-11H2,1-2H3/q+2. The number of rotatable bonds is 1. The van der Waals surface area contributed by atoms with Gasteiger partial charge in [0.15, 0.2) is 0 Å². The molecule has 2 fully saturated rings. The van der Waals surface area contributed by atoms with E-state index >= 15 is 0 Å². The van der Waals surface area contributed by atoms with Crippen LogP contribution in [-0.4, -0.2) is 62.7 Å². The minimum atomic E-state index is 0.949. The Bertz CT molecular complexity index is 171. The molecule has 0 spiro atoms. The first-order chi connectivity index (χ1) is 6.66. The Morgan fingerprint density at radius 2 is 1.21 bits per heavy atom. The van der Waals surface area contributed by atoms with Crippen molar-refractivity contribution in [2.75, 3.05) is 53.5 Å². The van der Waals surface area contributed by atoms with Crippen molar-refractivity contribution < 1.29 is 13.9 Å². The minimum absolute atomic E-state index is 0.949. The van der Waals surface area contributed by atoms with Crippen molar-refractivity contribution in [2.45, 2.75) is 19.3 Å². The molecule has 0 atom stereocenters. The molecule has 14 heavy (non-hydrogen) atoms. The molecule has 2 rings (SSSR count). The number of ether oxygens (including phenoxy) is 1. The van der Waals surface area contributed by atoms with Crippen LogP contribution in [-0.2, 0) is 4.74 Å². The monoisotopic (exact) mass is 200 g/mol. The van der Waals surface area contributed by atoms with Crippen molar-refractivity contribution in [2.24, 2.45) is 0 Å². The lowest BCUT2D eigenvalue weighted by Crippen LogP contribution is -2.73. The molecule has 0 aromatic carbocycles. The van der Waals surface area contributed by atoms with Gasteiger partial charge in [0.1, 0.15) is 53.5 Å². The Hall–Kier alpha value is -0.120. The third kappa shape index (κ3) is 1.69. The molecule has 3 heteroatoms. The Labute approximate surface area is 87.4 Å². The zero-order valence-electron chi connectivity index (χ0n) is 9.67. The van der Waals surface area contributed by atoms with Gasteiger partial charge in [-0.25, -0.2) is 0 Å². The highest BCUT2D eigenvalue weighted by molar-refractivity contribution is 4.49. The third-order valence-corrected chi connectivity index (χ3v) is 4.38. The van der Waals surface area contributed by atoms with E-state index in [2.05, 4.69) is 14.1 Å². The zero-order valence-corrected chi connectivity index (χ0v) is 9.67. The molecule has 2 aliphatic rings. The van der Waals surface area contributed by atoms with Gasteiger partial charge < -0.3 is 4.74 Å². The summed E-state index contributed by atoms with van der Waals surface area (Å²) in [5.74, 6) is 0. The maximum absolute atomic E-state index is 5.48. The van der Waals surface area contributed by atoms with E-state index in [1.54, 1.807) is 0 Å². The van der Waals surface area contributed by atoms with E-state index in [1.807, 2.05) is 0 Å². The van der Waals surface area contributed by atoms with E-state index in [9.17, 15) is 0 Å². The van der Waals surface area contributed by atoms with Crippen LogP contribution in [0.3, 0.4) is 0 Å². The summed E-state index contributed by atoms with van der Waals surface area (Å²) in [5, 5.41) is 0. The van der Waals surface area contributed by atoms with Crippen molar-refractivity contribution in [1.82, 2.24) is 0 Å². The van der Waals surface area contributed by atoms with E-state index in [-0.39, 0.29) is 0 Å². The molecule has 0 unspecified atom stereocenters. The number of likely N-dealkylation sites (tertiary alicyclic amines) is 1. The van der Waals surface area contributed by atoms with Crippen LogP contribution in [0, 0.1) is 0 Å². The number of hydrogen-bond acceptors (Lipinski definition) is 1. The topological polar surface area (TPSA) is 9.23 Å². The van der Waals surface area contributed by atoms with Gasteiger partial charge in [0.25, 0.3) is 0 Å². The van der Waals surface area contributed by atoms with Crippen LogP contribution >= 0.6 is 0 Å². The van der Waals surface area contributed by atoms with Gasteiger partial charge in [-0.3, -0.25) is 0 Å². The second-order valence-corrected chi connectivity index (χ2v) is 5.25. The lowest BCUT2D eigenvalue weighted by atomic mass is 10.1. The van der Waals surface area contributed by atoms with Gasteiger partial charge >= 0.3 is 0 Å². The molecular weight excluding hydrogens is 176 g/mol. The maximum atomic E-state index is 5.48. The molecule has 0 amide bonds. The minimum Gasteiger partial charge on any atom is -0.369 e. The average molecular weight is 200 g/mol. The number of hydrogen-bond donors (Lipinski definition) is 0. The SMILES string of the molecule is C[N+]1([N+]2(C)CCOCC2)CCCCC1. The first-order valence-electron chi connectivity index (χ1n) is 5.94. The van der Waals surface area contributed by atoms with E-state index in [4.69, 9.17) is 4.74 Å². The fraction of sp³-hybridized carbons (Fsp3) is 1.00. The Morgan fingerprint density at radius 3 is 1.79 bits per heavy atom. The molecule has 0 bridgehead atoms. The average Bonchev–Trinajstić information content (AvgIpc) is 2.20. The molecule has 3 nitrogen and oxygen atoms in total. The van der Waals surface area contributed by atoms with Gasteiger partial charge in [0.2, 0.25) is 0 Å². The second kappa shape index (κ2) is 3.80. The quantitative estimate of drug-likeness (QED) is 0.574. The second-order valence-electron chi connectivity index (χ2n) is 5.25. The first-order valence-corrected chi connectivity index (χ1v) is 5.94. The summed E-state index contributed by atoms with van der Waals surface area (Å²) in [6.45, 7) is 6.99. The van der Waals surface area contributed by atoms with Crippen LogP contribution in [0.4, 0.5) is 0 Å². The van der Waals surface area contributed by atoms with Crippen molar-refractivity contribution in [1.29, 1.82) is 0 Å². The van der Waals surface area contributed by atoms with Gasteiger partial charge in [0.05, 0.1) is 0 Å². The van der Waals surface area contributed by atoms with Gasteiger partial charge in [-0.05, 0) is 6.42 Å². The highest BCUT2D eigenvalue weighted by atomic mass is 16.5. The van der Waals surface area contributed by atoms with Gasteiger partial charge in [-0.15, -0.1) is 0 Å². The lowest BCUT2D eigenvalue weighted by molar-refractivity contribution is -1.48. The van der Waals surface area contributed by atoms with Crippen molar-refractivity contribution >= 4 is 0 Å². The van der Waals surface area contributed by atoms with E-state index in [0.717, 1.165) is 13.2 Å². The fourth-order valence-electron chi connectivity index (χ4n) is 2.90.